The molecule has 0 radical (unpaired) electrons. The number of rotatable bonds is 4. The lowest BCUT2D eigenvalue weighted by Crippen LogP contribution is -2.14. The second-order valence-electron chi connectivity index (χ2n) is 4.69. The Morgan fingerprint density at radius 3 is 2.65 bits per heavy atom. The lowest BCUT2D eigenvalue weighted by Gasteiger charge is -2.00. The monoisotopic (exact) mass is 329 g/mol. The molecule has 0 amide bonds. The highest BCUT2D eigenvalue weighted by Crippen LogP contribution is 2.20. The minimum atomic E-state index is -0.0382. The standard InChI is InChI=1S/C15H12ClN5O2/c16-10-2-4-11(19-7-10)13-8-20-14(23-13)5-9-1-3-12(18-6-9)15(17)21-22/h1-4,6-8,22H,5H2,(H2,17,21). The molecular weight excluding hydrogens is 318 g/mol. The SMILES string of the molecule is N/C(=N\O)c1ccc(Cc2ncc(-c3ccc(Cl)cn3)o2)cn1. The van der Waals surface area contributed by atoms with Crippen molar-refractivity contribution in [3.63, 3.8) is 0 Å². The molecule has 8 heteroatoms. The quantitative estimate of drug-likeness (QED) is 0.329. The van der Waals surface area contributed by atoms with E-state index in [2.05, 4.69) is 20.1 Å². The fourth-order valence-electron chi connectivity index (χ4n) is 1.94. The number of nitrogens with zero attached hydrogens (tertiary/aromatic N) is 4. The molecule has 3 heterocycles. The zero-order valence-electron chi connectivity index (χ0n) is 11.8. The highest BCUT2D eigenvalue weighted by atomic mass is 35.5. The zero-order chi connectivity index (χ0) is 16.2. The number of nitrogens with two attached hydrogens (primary N) is 1. The molecule has 0 atom stereocenters. The molecule has 3 N–H and O–H groups in total. The van der Waals surface area contributed by atoms with Crippen LogP contribution in [0.2, 0.25) is 5.02 Å². The Labute approximate surface area is 136 Å². The van der Waals surface area contributed by atoms with Crippen molar-refractivity contribution < 1.29 is 9.62 Å². The minimum absolute atomic E-state index is 0.0382. The van der Waals surface area contributed by atoms with Gasteiger partial charge in [-0.05, 0) is 23.8 Å². The van der Waals surface area contributed by atoms with Crippen LogP contribution in [0.1, 0.15) is 17.1 Å². The van der Waals surface area contributed by atoms with Crippen LogP contribution in [0.5, 0.6) is 0 Å². The molecule has 0 aromatic carbocycles. The predicted octanol–water partition coefficient (Wildman–Crippen LogP) is 2.47. The van der Waals surface area contributed by atoms with E-state index in [1.54, 1.807) is 36.8 Å². The molecule has 0 fully saturated rings. The first kappa shape index (κ1) is 15.0. The molecular formula is C15H12ClN5O2. The van der Waals surface area contributed by atoms with E-state index >= 15 is 0 Å². The Morgan fingerprint density at radius 2 is 2.00 bits per heavy atom. The van der Waals surface area contributed by atoms with Crippen molar-refractivity contribution in [2.75, 3.05) is 0 Å². The number of oxime groups is 1. The summed E-state index contributed by atoms with van der Waals surface area (Å²) in [6.07, 6.45) is 5.26. The summed E-state index contributed by atoms with van der Waals surface area (Å²) in [7, 11) is 0. The van der Waals surface area contributed by atoms with Crippen LogP contribution in [0, 0.1) is 0 Å². The number of hydrogen-bond acceptors (Lipinski definition) is 6. The van der Waals surface area contributed by atoms with E-state index < -0.39 is 0 Å². The van der Waals surface area contributed by atoms with Crippen LogP contribution in [0.3, 0.4) is 0 Å². The molecule has 7 nitrogen and oxygen atoms in total. The Kier molecular flexibility index (Phi) is 4.20. The predicted molar refractivity (Wildman–Crippen MR) is 84.3 cm³/mol. The summed E-state index contributed by atoms with van der Waals surface area (Å²) in [5.41, 5.74) is 7.41. The largest absolute Gasteiger partial charge is 0.439 e. The van der Waals surface area contributed by atoms with Gasteiger partial charge in [0.1, 0.15) is 11.4 Å². The summed E-state index contributed by atoms with van der Waals surface area (Å²) < 4.78 is 5.68. The summed E-state index contributed by atoms with van der Waals surface area (Å²) in [5, 5.41) is 12.1. The third kappa shape index (κ3) is 3.46. The molecule has 0 saturated heterocycles. The molecule has 0 aliphatic carbocycles. The van der Waals surface area contributed by atoms with Gasteiger partial charge in [0.25, 0.3) is 0 Å². The molecule has 0 aliphatic rings. The van der Waals surface area contributed by atoms with E-state index in [0.29, 0.717) is 34.5 Å². The molecule has 3 rings (SSSR count). The number of hydrogen-bond donors (Lipinski definition) is 2. The van der Waals surface area contributed by atoms with E-state index in [1.165, 1.54) is 0 Å². The summed E-state index contributed by atoms with van der Waals surface area (Å²) >= 11 is 5.81. The van der Waals surface area contributed by atoms with Gasteiger partial charge >= 0.3 is 0 Å². The maximum absolute atomic E-state index is 8.60. The van der Waals surface area contributed by atoms with Gasteiger partial charge in [-0.1, -0.05) is 22.8 Å². The zero-order valence-corrected chi connectivity index (χ0v) is 12.6. The second-order valence-corrected chi connectivity index (χ2v) is 5.13. The van der Waals surface area contributed by atoms with Gasteiger partial charge in [0, 0.05) is 12.4 Å². The second kappa shape index (κ2) is 6.45. The maximum atomic E-state index is 8.60. The van der Waals surface area contributed by atoms with E-state index in [9.17, 15) is 0 Å². The number of halogens is 1. The summed E-state index contributed by atoms with van der Waals surface area (Å²) in [5.74, 6) is 1.07. The molecule has 0 aliphatic heterocycles. The van der Waals surface area contributed by atoms with Crippen LogP contribution in [0.15, 0.2) is 52.4 Å². The van der Waals surface area contributed by atoms with Gasteiger partial charge in [-0.15, -0.1) is 0 Å². The van der Waals surface area contributed by atoms with Crippen LogP contribution in [0.25, 0.3) is 11.5 Å². The van der Waals surface area contributed by atoms with Crippen molar-refractivity contribution >= 4 is 17.4 Å². The summed E-state index contributed by atoms with van der Waals surface area (Å²) in [6.45, 7) is 0. The minimum Gasteiger partial charge on any atom is -0.439 e. The third-order valence-electron chi connectivity index (χ3n) is 3.08. The maximum Gasteiger partial charge on any atom is 0.199 e. The van der Waals surface area contributed by atoms with Crippen molar-refractivity contribution in [3.05, 3.63) is 65.0 Å². The Balaban J connectivity index is 1.75. The fraction of sp³-hybridized carbons (Fsp3) is 0.0667. The molecule has 0 unspecified atom stereocenters. The average Bonchev–Trinajstić information content (AvgIpc) is 3.04. The van der Waals surface area contributed by atoms with E-state index in [0.717, 1.165) is 5.56 Å². The van der Waals surface area contributed by atoms with Gasteiger partial charge in [0.2, 0.25) is 0 Å². The number of amidine groups is 1. The van der Waals surface area contributed by atoms with Gasteiger partial charge in [0.05, 0.1) is 17.6 Å². The topological polar surface area (TPSA) is 110 Å². The fourth-order valence-corrected chi connectivity index (χ4v) is 2.05. The van der Waals surface area contributed by atoms with Crippen LogP contribution < -0.4 is 5.73 Å². The van der Waals surface area contributed by atoms with Gasteiger partial charge in [-0.2, -0.15) is 0 Å². The molecule has 0 bridgehead atoms. The lowest BCUT2D eigenvalue weighted by molar-refractivity contribution is 0.318. The molecule has 3 aromatic heterocycles. The van der Waals surface area contributed by atoms with Crippen molar-refractivity contribution in [2.24, 2.45) is 10.9 Å². The first-order chi connectivity index (χ1) is 11.2. The van der Waals surface area contributed by atoms with Gasteiger partial charge < -0.3 is 15.4 Å². The smallest absolute Gasteiger partial charge is 0.199 e. The average molecular weight is 330 g/mol. The molecule has 23 heavy (non-hydrogen) atoms. The summed E-state index contributed by atoms with van der Waals surface area (Å²) in [4.78, 5) is 12.5. The van der Waals surface area contributed by atoms with Crippen molar-refractivity contribution in [1.82, 2.24) is 15.0 Å². The molecule has 0 saturated carbocycles. The lowest BCUT2D eigenvalue weighted by atomic mass is 10.2. The van der Waals surface area contributed by atoms with Crippen LogP contribution in [0.4, 0.5) is 0 Å². The Bertz CT molecular complexity index is 828. The number of oxazole rings is 1. The highest BCUT2D eigenvalue weighted by Gasteiger charge is 2.09. The molecule has 0 spiro atoms. The van der Waals surface area contributed by atoms with Gasteiger partial charge in [0.15, 0.2) is 17.5 Å². The van der Waals surface area contributed by atoms with E-state index in [-0.39, 0.29) is 5.84 Å². The van der Waals surface area contributed by atoms with Crippen LogP contribution >= 0.6 is 11.6 Å². The normalized spacial score (nSPS) is 11.6. The third-order valence-corrected chi connectivity index (χ3v) is 3.31. The molecule has 3 aromatic rings. The van der Waals surface area contributed by atoms with Crippen molar-refractivity contribution in [1.29, 1.82) is 0 Å². The van der Waals surface area contributed by atoms with Crippen molar-refractivity contribution in [2.45, 2.75) is 6.42 Å². The first-order valence-electron chi connectivity index (χ1n) is 6.65. The Morgan fingerprint density at radius 1 is 1.13 bits per heavy atom. The van der Waals surface area contributed by atoms with Crippen molar-refractivity contribution in [3.8, 4) is 11.5 Å². The van der Waals surface area contributed by atoms with Gasteiger partial charge in [-0.3, -0.25) is 9.97 Å². The van der Waals surface area contributed by atoms with E-state index in [1.807, 2.05) is 6.07 Å². The molecule has 116 valence electrons. The summed E-state index contributed by atoms with van der Waals surface area (Å²) in [6, 6.07) is 6.97. The number of pyridine rings is 2. The Hall–Kier alpha value is -2.93. The van der Waals surface area contributed by atoms with Crippen LogP contribution in [-0.4, -0.2) is 26.0 Å². The highest BCUT2D eigenvalue weighted by molar-refractivity contribution is 6.30. The number of aromatic nitrogens is 3. The first-order valence-corrected chi connectivity index (χ1v) is 7.03. The van der Waals surface area contributed by atoms with E-state index in [4.69, 9.17) is 27.0 Å². The van der Waals surface area contributed by atoms with Gasteiger partial charge in [-0.25, -0.2) is 4.98 Å². The van der Waals surface area contributed by atoms with Crippen LogP contribution in [-0.2, 0) is 6.42 Å².